The zero-order valence-electron chi connectivity index (χ0n) is 10.6. The summed E-state index contributed by atoms with van der Waals surface area (Å²) in [7, 11) is -3.54. The van der Waals surface area contributed by atoms with Gasteiger partial charge in [0.05, 0.1) is 5.69 Å². The molecule has 18 heavy (non-hydrogen) atoms. The summed E-state index contributed by atoms with van der Waals surface area (Å²) in [6.45, 7) is 4.00. The van der Waals surface area contributed by atoms with E-state index in [-0.39, 0.29) is 16.6 Å². The minimum Gasteiger partial charge on any atom is -0.398 e. The average Bonchev–Trinajstić information content (AvgIpc) is 2.27. The summed E-state index contributed by atoms with van der Waals surface area (Å²) < 4.78 is 27.9. The summed E-state index contributed by atoms with van der Waals surface area (Å²) in [6, 6.07) is 4.74. The molecular weight excluding hydrogens is 316 g/mol. The molecule has 0 fully saturated rings. The highest BCUT2D eigenvalue weighted by Crippen LogP contribution is 2.23. The van der Waals surface area contributed by atoms with Gasteiger partial charge in [-0.2, -0.15) is 0 Å². The van der Waals surface area contributed by atoms with E-state index in [1.165, 1.54) is 6.07 Å². The van der Waals surface area contributed by atoms with Crippen LogP contribution in [0.5, 0.6) is 0 Å². The van der Waals surface area contributed by atoms with E-state index in [9.17, 15) is 8.42 Å². The number of nitrogens with two attached hydrogens (primary N) is 1. The molecule has 0 saturated heterocycles. The predicted molar refractivity (Wildman–Crippen MR) is 77.9 cm³/mol. The third kappa shape index (κ3) is 3.96. The maximum Gasteiger partial charge on any atom is 0.242 e. The van der Waals surface area contributed by atoms with Gasteiger partial charge in [-0.05, 0) is 31.0 Å². The van der Waals surface area contributed by atoms with Gasteiger partial charge in [0.1, 0.15) is 4.90 Å². The molecule has 6 heteroatoms. The number of hydrogen-bond donors (Lipinski definition) is 2. The Morgan fingerprint density at radius 3 is 2.56 bits per heavy atom. The maximum absolute atomic E-state index is 12.2. The van der Waals surface area contributed by atoms with Crippen LogP contribution in [0.2, 0.25) is 0 Å². The average molecular weight is 335 g/mol. The molecule has 0 bridgehead atoms. The Labute approximate surface area is 117 Å². The van der Waals surface area contributed by atoms with Gasteiger partial charge in [0.2, 0.25) is 10.0 Å². The molecule has 0 heterocycles. The Bertz CT molecular complexity index is 503. The summed E-state index contributed by atoms with van der Waals surface area (Å²) in [5.74, 6) is 0. The quantitative estimate of drug-likeness (QED) is 0.785. The first-order valence-electron chi connectivity index (χ1n) is 5.98. The maximum atomic E-state index is 12.2. The minimum absolute atomic E-state index is 0.0388. The summed E-state index contributed by atoms with van der Waals surface area (Å²) >= 11 is 3.26. The lowest BCUT2D eigenvalue weighted by Crippen LogP contribution is -2.34. The van der Waals surface area contributed by atoms with E-state index >= 15 is 0 Å². The van der Waals surface area contributed by atoms with Crippen molar-refractivity contribution in [2.24, 2.45) is 0 Å². The standard InChI is InChI=1S/C12H19BrN2O2S/c1-3-5-10(4-2)15-18(16,17)12-7-6-9(13)8-11(12)14/h6-8,10,15H,3-5,14H2,1-2H3. The highest BCUT2D eigenvalue weighted by atomic mass is 79.9. The third-order valence-electron chi connectivity index (χ3n) is 2.71. The van der Waals surface area contributed by atoms with Crippen LogP contribution in [-0.4, -0.2) is 14.5 Å². The number of halogens is 1. The Kier molecular flexibility index (Phi) is 5.62. The monoisotopic (exact) mass is 334 g/mol. The molecule has 0 spiro atoms. The van der Waals surface area contributed by atoms with Crippen LogP contribution in [0.3, 0.4) is 0 Å². The molecule has 0 saturated carbocycles. The first kappa shape index (κ1) is 15.5. The molecule has 0 aliphatic rings. The van der Waals surface area contributed by atoms with Crippen molar-refractivity contribution in [2.45, 2.75) is 44.0 Å². The van der Waals surface area contributed by atoms with Crippen molar-refractivity contribution in [1.82, 2.24) is 4.72 Å². The van der Waals surface area contributed by atoms with Crippen molar-refractivity contribution in [1.29, 1.82) is 0 Å². The van der Waals surface area contributed by atoms with E-state index in [1.807, 2.05) is 13.8 Å². The van der Waals surface area contributed by atoms with Gasteiger partial charge in [-0.25, -0.2) is 13.1 Å². The SMILES string of the molecule is CCCC(CC)NS(=O)(=O)c1ccc(Br)cc1N. The van der Waals surface area contributed by atoms with Crippen LogP contribution < -0.4 is 10.5 Å². The summed E-state index contributed by atoms with van der Waals surface area (Å²) in [4.78, 5) is 0.139. The molecule has 1 rings (SSSR count). The molecular formula is C12H19BrN2O2S. The molecule has 102 valence electrons. The summed E-state index contributed by atoms with van der Waals surface area (Å²) in [6.07, 6.45) is 2.53. The fraction of sp³-hybridized carbons (Fsp3) is 0.500. The van der Waals surface area contributed by atoms with Gasteiger partial charge in [-0.15, -0.1) is 0 Å². The highest BCUT2D eigenvalue weighted by molar-refractivity contribution is 9.10. The lowest BCUT2D eigenvalue weighted by molar-refractivity contribution is 0.512. The first-order chi connectivity index (χ1) is 8.40. The van der Waals surface area contributed by atoms with Crippen LogP contribution >= 0.6 is 15.9 Å². The van der Waals surface area contributed by atoms with Gasteiger partial charge >= 0.3 is 0 Å². The zero-order valence-corrected chi connectivity index (χ0v) is 13.0. The van der Waals surface area contributed by atoms with Gasteiger partial charge in [0, 0.05) is 10.5 Å². The van der Waals surface area contributed by atoms with Crippen LogP contribution in [0.4, 0.5) is 5.69 Å². The van der Waals surface area contributed by atoms with Crippen molar-refractivity contribution >= 4 is 31.6 Å². The van der Waals surface area contributed by atoms with E-state index in [4.69, 9.17) is 5.73 Å². The summed E-state index contributed by atoms with van der Waals surface area (Å²) in [5.41, 5.74) is 6.00. The van der Waals surface area contributed by atoms with E-state index in [1.54, 1.807) is 12.1 Å². The number of nitrogens with one attached hydrogen (secondary N) is 1. The van der Waals surface area contributed by atoms with E-state index < -0.39 is 10.0 Å². The molecule has 1 unspecified atom stereocenters. The second-order valence-corrected chi connectivity index (χ2v) is 6.80. The Balaban J connectivity index is 2.99. The van der Waals surface area contributed by atoms with Crippen LogP contribution in [0.25, 0.3) is 0 Å². The normalized spacial score (nSPS) is 13.5. The molecule has 3 N–H and O–H groups in total. The largest absolute Gasteiger partial charge is 0.398 e. The van der Waals surface area contributed by atoms with E-state index in [0.717, 1.165) is 23.7 Å². The number of hydrogen-bond acceptors (Lipinski definition) is 3. The van der Waals surface area contributed by atoms with Gasteiger partial charge in [0.15, 0.2) is 0 Å². The fourth-order valence-electron chi connectivity index (χ4n) is 1.74. The first-order valence-corrected chi connectivity index (χ1v) is 8.25. The Morgan fingerprint density at radius 2 is 2.06 bits per heavy atom. The smallest absolute Gasteiger partial charge is 0.242 e. The van der Waals surface area contributed by atoms with Gasteiger partial charge in [-0.3, -0.25) is 0 Å². The topological polar surface area (TPSA) is 72.2 Å². The van der Waals surface area contributed by atoms with Crippen LogP contribution in [0.1, 0.15) is 33.1 Å². The third-order valence-corrected chi connectivity index (χ3v) is 4.80. The van der Waals surface area contributed by atoms with Gasteiger partial charge in [-0.1, -0.05) is 36.2 Å². The highest BCUT2D eigenvalue weighted by Gasteiger charge is 2.20. The van der Waals surface area contributed by atoms with Crippen LogP contribution in [0, 0.1) is 0 Å². The Hall–Kier alpha value is -0.590. The second kappa shape index (κ2) is 6.54. The molecule has 1 aromatic carbocycles. The van der Waals surface area contributed by atoms with E-state index in [2.05, 4.69) is 20.7 Å². The van der Waals surface area contributed by atoms with Crippen LogP contribution in [0.15, 0.2) is 27.6 Å². The summed E-state index contributed by atoms with van der Waals surface area (Å²) in [5, 5.41) is 0. The van der Waals surface area contributed by atoms with Crippen molar-refractivity contribution in [2.75, 3.05) is 5.73 Å². The number of rotatable bonds is 6. The molecule has 0 amide bonds. The van der Waals surface area contributed by atoms with Crippen molar-refractivity contribution < 1.29 is 8.42 Å². The number of sulfonamides is 1. The molecule has 0 aliphatic heterocycles. The molecule has 4 nitrogen and oxygen atoms in total. The minimum atomic E-state index is -3.54. The van der Waals surface area contributed by atoms with Gasteiger partial charge in [0.25, 0.3) is 0 Å². The van der Waals surface area contributed by atoms with Crippen molar-refractivity contribution in [3.8, 4) is 0 Å². The van der Waals surface area contributed by atoms with Crippen LogP contribution in [-0.2, 0) is 10.0 Å². The molecule has 0 radical (unpaired) electrons. The number of benzene rings is 1. The Morgan fingerprint density at radius 1 is 1.39 bits per heavy atom. The zero-order chi connectivity index (χ0) is 13.8. The second-order valence-electron chi connectivity index (χ2n) is 4.20. The lowest BCUT2D eigenvalue weighted by atomic mass is 10.1. The van der Waals surface area contributed by atoms with Gasteiger partial charge < -0.3 is 5.73 Å². The molecule has 1 atom stereocenters. The fourth-order valence-corrected chi connectivity index (χ4v) is 3.59. The molecule has 0 aromatic heterocycles. The number of nitrogen functional groups attached to an aromatic ring is 1. The van der Waals surface area contributed by atoms with Crippen molar-refractivity contribution in [3.05, 3.63) is 22.7 Å². The molecule has 0 aliphatic carbocycles. The molecule has 1 aromatic rings. The predicted octanol–water partition coefficient (Wildman–Crippen LogP) is 2.89. The lowest BCUT2D eigenvalue weighted by Gasteiger charge is -2.17. The number of anilines is 1. The van der Waals surface area contributed by atoms with E-state index in [0.29, 0.717) is 0 Å². The van der Waals surface area contributed by atoms with Crippen molar-refractivity contribution in [3.63, 3.8) is 0 Å².